The van der Waals surface area contributed by atoms with Gasteiger partial charge < -0.3 is 10.1 Å². The van der Waals surface area contributed by atoms with E-state index >= 15 is 0 Å². The Morgan fingerprint density at radius 3 is 2.89 bits per heavy atom. The van der Waals surface area contributed by atoms with E-state index in [0.29, 0.717) is 23.2 Å². The van der Waals surface area contributed by atoms with Crippen molar-refractivity contribution in [1.29, 1.82) is 0 Å². The second kappa shape index (κ2) is 5.85. The van der Waals surface area contributed by atoms with Crippen molar-refractivity contribution in [3.63, 3.8) is 0 Å². The van der Waals surface area contributed by atoms with Gasteiger partial charge in [-0.05, 0) is 37.7 Å². The van der Waals surface area contributed by atoms with Crippen LogP contribution >= 0.6 is 11.6 Å². The fourth-order valence-electron chi connectivity index (χ4n) is 1.63. The molecule has 0 fully saturated rings. The zero-order valence-corrected chi connectivity index (χ0v) is 11.2. The Hall–Kier alpha value is -1.58. The molecule has 0 spiro atoms. The molecule has 0 amide bonds. The number of halogens is 1. The molecule has 0 aliphatic carbocycles. The van der Waals surface area contributed by atoms with Crippen LogP contribution < -0.4 is 10.1 Å². The minimum atomic E-state index is 0.581. The van der Waals surface area contributed by atoms with E-state index in [1.807, 2.05) is 44.3 Å². The number of benzene rings is 1. The van der Waals surface area contributed by atoms with Crippen LogP contribution in [0.3, 0.4) is 0 Å². The SMILES string of the molecule is CNCc1cccnc1Oc1ccc(C)cc1Cl. The molecule has 0 radical (unpaired) electrons. The van der Waals surface area contributed by atoms with Gasteiger partial charge in [0.25, 0.3) is 0 Å². The highest BCUT2D eigenvalue weighted by molar-refractivity contribution is 6.32. The second-order valence-electron chi connectivity index (χ2n) is 4.03. The number of rotatable bonds is 4. The molecule has 1 aromatic carbocycles. The van der Waals surface area contributed by atoms with Gasteiger partial charge in [-0.2, -0.15) is 0 Å². The summed E-state index contributed by atoms with van der Waals surface area (Å²) in [5.74, 6) is 1.20. The van der Waals surface area contributed by atoms with Crippen LogP contribution in [0.25, 0.3) is 0 Å². The summed E-state index contributed by atoms with van der Waals surface area (Å²) < 4.78 is 5.76. The fourth-order valence-corrected chi connectivity index (χ4v) is 1.91. The van der Waals surface area contributed by atoms with Gasteiger partial charge in [0.05, 0.1) is 5.02 Å². The van der Waals surface area contributed by atoms with Crippen molar-refractivity contribution < 1.29 is 4.74 Å². The maximum atomic E-state index is 6.14. The highest BCUT2D eigenvalue weighted by Crippen LogP contribution is 2.30. The first-order valence-corrected chi connectivity index (χ1v) is 6.11. The number of aromatic nitrogens is 1. The molecule has 18 heavy (non-hydrogen) atoms. The molecule has 0 saturated heterocycles. The van der Waals surface area contributed by atoms with E-state index in [1.165, 1.54) is 0 Å². The highest BCUT2D eigenvalue weighted by atomic mass is 35.5. The Morgan fingerprint density at radius 1 is 1.33 bits per heavy atom. The van der Waals surface area contributed by atoms with Gasteiger partial charge in [0.2, 0.25) is 5.88 Å². The molecule has 0 saturated carbocycles. The van der Waals surface area contributed by atoms with Crippen molar-refractivity contribution in [2.24, 2.45) is 0 Å². The van der Waals surface area contributed by atoms with Crippen LogP contribution in [-0.4, -0.2) is 12.0 Å². The molecule has 3 nitrogen and oxygen atoms in total. The average Bonchev–Trinajstić information content (AvgIpc) is 2.35. The number of hydrogen-bond donors (Lipinski definition) is 1. The summed E-state index contributed by atoms with van der Waals surface area (Å²) >= 11 is 6.14. The molecule has 94 valence electrons. The summed E-state index contributed by atoms with van der Waals surface area (Å²) in [5, 5.41) is 3.67. The van der Waals surface area contributed by atoms with Crippen LogP contribution in [0.15, 0.2) is 36.5 Å². The Bertz CT molecular complexity index is 543. The van der Waals surface area contributed by atoms with Gasteiger partial charge in [-0.25, -0.2) is 4.98 Å². The quantitative estimate of drug-likeness (QED) is 0.915. The molecule has 1 aromatic heterocycles. The van der Waals surface area contributed by atoms with E-state index < -0.39 is 0 Å². The van der Waals surface area contributed by atoms with Crippen LogP contribution in [-0.2, 0) is 6.54 Å². The number of hydrogen-bond acceptors (Lipinski definition) is 3. The number of pyridine rings is 1. The van der Waals surface area contributed by atoms with Crippen LogP contribution in [0.2, 0.25) is 5.02 Å². The normalized spacial score (nSPS) is 10.4. The van der Waals surface area contributed by atoms with Crippen molar-refractivity contribution in [3.05, 3.63) is 52.7 Å². The summed E-state index contributed by atoms with van der Waals surface area (Å²) in [6, 6.07) is 9.55. The number of ether oxygens (including phenoxy) is 1. The lowest BCUT2D eigenvalue weighted by molar-refractivity contribution is 0.454. The molecule has 1 heterocycles. The third-order valence-corrected chi connectivity index (χ3v) is 2.81. The van der Waals surface area contributed by atoms with Crippen LogP contribution in [0.5, 0.6) is 11.6 Å². The Kier molecular flexibility index (Phi) is 4.18. The average molecular weight is 263 g/mol. The molecule has 0 unspecified atom stereocenters. The molecule has 2 rings (SSSR count). The fraction of sp³-hybridized carbons (Fsp3) is 0.214. The lowest BCUT2D eigenvalue weighted by Gasteiger charge is -2.10. The first kappa shape index (κ1) is 12.9. The van der Waals surface area contributed by atoms with E-state index in [2.05, 4.69) is 10.3 Å². The molecule has 1 N–H and O–H groups in total. The predicted molar refractivity (Wildman–Crippen MR) is 73.3 cm³/mol. The van der Waals surface area contributed by atoms with Crippen LogP contribution in [0, 0.1) is 6.92 Å². The Balaban J connectivity index is 2.28. The summed E-state index contributed by atoms with van der Waals surface area (Å²) in [7, 11) is 1.88. The van der Waals surface area contributed by atoms with Crippen molar-refractivity contribution in [2.75, 3.05) is 7.05 Å². The third kappa shape index (κ3) is 3.00. The van der Waals surface area contributed by atoms with Crippen molar-refractivity contribution >= 4 is 11.6 Å². The zero-order valence-electron chi connectivity index (χ0n) is 10.4. The maximum absolute atomic E-state index is 6.14. The maximum Gasteiger partial charge on any atom is 0.223 e. The third-order valence-electron chi connectivity index (χ3n) is 2.51. The summed E-state index contributed by atoms with van der Waals surface area (Å²) in [6.07, 6.45) is 1.70. The first-order chi connectivity index (χ1) is 8.70. The van der Waals surface area contributed by atoms with Crippen molar-refractivity contribution in [3.8, 4) is 11.6 Å². The summed E-state index contributed by atoms with van der Waals surface area (Å²) in [4.78, 5) is 4.24. The van der Waals surface area contributed by atoms with Gasteiger partial charge in [0, 0.05) is 18.3 Å². The number of nitrogens with one attached hydrogen (secondary N) is 1. The van der Waals surface area contributed by atoms with Gasteiger partial charge in [0.15, 0.2) is 0 Å². The minimum Gasteiger partial charge on any atom is -0.437 e. The van der Waals surface area contributed by atoms with E-state index in [4.69, 9.17) is 16.3 Å². The lowest BCUT2D eigenvalue weighted by Crippen LogP contribution is -2.07. The van der Waals surface area contributed by atoms with Crippen molar-refractivity contribution in [1.82, 2.24) is 10.3 Å². The van der Waals surface area contributed by atoms with E-state index in [9.17, 15) is 0 Å². The van der Waals surface area contributed by atoms with Crippen molar-refractivity contribution in [2.45, 2.75) is 13.5 Å². The largest absolute Gasteiger partial charge is 0.437 e. The molecule has 0 aliphatic rings. The minimum absolute atomic E-state index is 0.581. The van der Waals surface area contributed by atoms with E-state index in [-0.39, 0.29) is 0 Å². The topological polar surface area (TPSA) is 34.2 Å². The second-order valence-corrected chi connectivity index (χ2v) is 4.44. The number of nitrogens with zero attached hydrogens (tertiary/aromatic N) is 1. The Morgan fingerprint density at radius 2 is 2.17 bits per heavy atom. The van der Waals surface area contributed by atoms with Gasteiger partial charge in [-0.15, -0.1) is 0 Å². The highest BCUT2D eigenvalue weighted by Gasteiger charge is 2.08. The standard InChI is InChI=1S/C14H15ClN2O/c1-10-5-6-13(12(15)8-10)18-14-11(9-16-2)4-3-7-17-14/h3-8,16H,9H2,1-2H3. The molecular formula is C14H15ClN2O. The van der Waals surface area contributed by atoms with Crippen LogP contribution in [0.1, 0.15) is 11.1 Å². The summed E-state index contributed by atoms with van der Waals surface area (Å²) in [6.45, 7) is 2.69. The summed E-state index contributed by atoms with van der Waals surface area (Å²) in [5.41, 5.74) is 2.10. The molecule has 2 aromatic rings. The zero-order chi connectivity index (χ0) is 13.0. The van der Waals surface area contributed by atoms with E-state index in [1.54, 1.807) is 6.20 Å². The van der Waals surface area contributed by atoms with Crippen LogP contribution in [0.4, 0.5) is 0 Å². The van der Waals surface area contributed by atoms with Gasteiger partial charge >= 0.3 is 0 Å². The molecular weight excluding hydrogens is 248 g/mol. The molecule has 0 atom stereocenters. The van der Waals surface area contributed by atoms with Gasteiger partial charge in [-0.3, -0.25) is 0 Å². The van der Waals surface area contributed by atoms with Gasteiger partial charge in [-0.1, -0.05) is 23.7 Å². The monoisotopic (exact) mass is 262 g/mol. The first-order valence-electron chi connectivity index (χ1n) is 5.73. The molecule has 0 bridgehead atoms. The Labute approximate surface area is 112 Å². The molecule has 0 aliphatic heterocycles. The smallest absolute Gasteiger partial charge is 0.223 e. The van der Waals surface area contributed by atoms with E-state index in [0.717, 1.165) is 11.1 Å². The molecule has 4 heteroatoms. The predicted octanol–water partition coefficient (Wildman–Crippen LogP) is 3.56. The number of aryl methyl sites for hydroxylation is 1. The van der Waals surface area contributed by atoms with Gasteiger partial charge in [0.1, 0.15) is 5.75 Å². The lowest BCUT2D eigenvalue weighted by atomic mass is 10.2.